The van der Waals surface area contributed by atoms with E-state index in [9.17, 15) is 9.59 Å². The van der Waals surface area contributed by atoms with E-state index in [0.717, 1.165) is 12.8 Å². The first-order chi connectivity index (χ1) is 9.06. The third-order valence-electron chi connectivity index (χ3n) is 2.69. The number of carboxylic acids is 1. The molecule has 1 unspecified atom stereocenters. The number of nitrogens with one attached hydrogen (secondary N) is 2. The molecule has 2 amide bonds. The van der Waals surface area contributed by atoms with Crippen LogP contribution in [0.2, 0.25) is 0 Å². The topological polar surface area (TPSA) is 78.4 Å². The predicted molar refractivity (Wildman–Crippen MR) is 79.7 cm³/mol. The van der Waals surface area contributed by atoms with Gasteiger partial charge in [0.2, 0.25) is 0 Å². The van der Waals surface area contributed by atoms with Crippen molar-refractivity contribution in [2.45, 2.75) is 39.0 Å². The highest BCUT2D eigenvalue weighted by Gasteiger charge is 2.08. The monoisotopic (exact) mass is 290 g/mol. The molecule has 0 aromatic rings. The van der Waals surface area contributed by atoms with Crippen LogP contribution in [0.3, 0.4) is 0 Å². The Labute approximate surface area is 119 Å². The molecule has 0 bridgehead atoms. The van der Waals surface area contributed by atoms with Crippen molar-refractivity contribution in [3.8, 4) is 0 Å². The van der Waals surface area contributed by atoms with Gasteiger partial charge in [-0.3, -0.25) is 4.79 Å². The molecule has 0 fully saturated rings. The van der Waals surface area contributed by atoms with Crippen LogP contribution in [0.25, 0.3) is 0 Å². The largest absolute Gasteiger partial charge is 0.481 e. The number of hydrogen-bond donors (Lipinski definition) is 3. The summed E-state index contributed by atoms with van der Waals surface area (Å²) >= 11 is 1.86. The molecule has 0 radical (unpaired) electrons. The van der Waals surface area contributed by atoms with Crippen molar-refractivity contribution < 1.29 is 14.7 Å². The number of urea groups is 1. The molecule has 19 heavy (non-hydrogen) atoms. The molecular weight excluding hydrogens is 264 g/mol. The number of aliphatic carboxylic acids is 1. The fourth-order valence-electron chi connectivity index (χ4n) is 1.63. The number of carboxylic acid groups (broad SMARTS) is 1. The van der Waals surface area contributed by atoms with Gasteiger partial charge in [0.25, 0.3) is 0 Å². The summed E-state index contributed by atoms with van der Waals surface area (Å²) in [5.41, 5.74) is 0. The zero-order valence-corrected chi connectivity index (χ0v) is 12.7. The molecule has 0 aliphatic heterocycles. The smallest absolute Gasteiger partial charge is 0.314 e. The Morgan fingerprint density at radius 2 is 1.84 bits per heavy atom. The lowest BCUT2D eigenvalue weighted by atomic mass is 10.1. The van der Waals surface area contributed by atoms with Crippen LogP contribution < -0.4 is 10.6 Å². The van der Waals surface area contributed by atoms with Crippen molar-refractivity contribution in [2.24, 2.45) is 5.92 Å². The van der Waals surface area contributed by atoms with Crippen LogP contribution in [0.5, 0.6) is 0 Å². The quantitative estimate of drug-likeness (QED) is 0.510. The van der Waals surface area contributed by atoms with E-state index < -0.39 is 5.97 Å². The average Bonchev–Trinajstić information content (AvgIpc) is 2.34. The molecule has 0 aliphatic rings. The van der Waals surface area contributed by atoms with Crippen molar-refractivity contribution in [3.63, 3.8) is 0 Å². The molecule has 0 spiro atoms. The molecule has 0 heterocycles. The van der Waals surface area contributed by atoms with Gasteiger partial charge in [0.1, 0.15) is 0 Å². The summed E-state index contributed by atoms with van der Waals surface area (Å²) < 4.78 is 0. The van der Waals surface area contributed by atoms with Gasteiger partial charge < -0.3 is 15.7 Å². The van der Waals surface area contributed by atoms with E-state index in [2.05, 4.69) is 16.9 Å². The Morgan fingerprint density at radius 1 is 1.16 bits per heavy atom. The Balaban J connectivity index is 3.37. The number of hydrogen-bond acceptors (Lipinski definition) is 3. The molecular formula is C13H26N2O3S. The maximum atomic E-state index is 11.4. The second-order valence-electron chi connectivity index (χ2n) is 4.75. The van der Waals surface area contributed by atoms with Crippen molar-refractivity contribution in [3.05, 3.63) is 0 Å². The molecule has 0 saturated carbocycles. The van der Waals surface area contributed by atoms with Gasteiger partial charge >= 0.3 is 12.0 Å². The van der Waals surface area contributed by atoms with E-state index in [1.807, 2.05) is 11.8 Å². The Kier molecular flexibility index (Phi) is 11.6. The molecule has 0 aromatic carbocycles. The maximum absolute atomic E-state index is 11.4. The van der Waals surface area contributed by atoms with E-state index in [-0.39, 0.29) is 18.4 Å². The van der Waals surface area contributed by atoms with Gasteiger partial charge in [0.15, 0.2) is 0 Å². The van der Waals surface area contributed by atoms with Gasteiger partial charge in [0, 0.05) is 19.5 Å². The van der Waals surface area contributed by atoms with Crippen LogP contribution in [0.4, 0.5) is 4.79 Å². The minimum atomic E-state index is -0.833. The highest BCUT2D eigenvalue weighted by Crippen LogP contribution is 2.03. The molecule has 0 saturated heterocycles. The SMILES string of the molecule is CSCCCCCCNC(=O)NCC(C)CC(=O)O. The fourth-order valence-corrected chi connectivity index (χ4v) is 2.12. The number of amides is 2. The second kappa shape index (κ2) is 12.1. The average molecular weight is 290 g/mol. The number of carbonyl (C=O) groups is 2. The molecule has 0 aromatic heterocycles. The van der Waals surface area contributed by atoms with Crippen LogP contribution in [-0.2, 0) is 4.79 Å². The minimum Gasteiger partial charge on any atom is -0.481 e. The highest BCUT2D eigenvalue weighted by atomic mass is 32.2. The van der Waals surface area contributed by atoms with Crippen molar-refractivity contribution >= 4 is 23.8 Å². The summed E-state index contributed by atoms with van der Waals surface area (Å²) in [6.45, 7) is 2.88. The van der Waals surface area contributed by atoms with Crippen LogP contribution >= 0.6 is 11.8 Å². The summed E-state index contributed by atoms with van der Waals surface area (Å²) in [6.07, 6.45) is 6.76. The normalized spacial score (nSPS) is 11.9. The van der Waals surface area contributed by atoms with Crippen molar-refractivity contribution in [1.29, 1.82) is 0 Å². The van der Waals surface area contributed by atoms with E-state index in [0.29, 0.717) is 13.1 Å². The van der Waals surface area contributed by atoms with Gasteiger partial charge in [-0.25, -0.2) is 4.79 Å². The first kappa shape index (κ1) is 18.1. The van der Waals surface area contributed by atoms with E-state index in [4.69, 9.17) is 5.11 Å². The standard InChI is InChI=1S/C13H26N2O3S/c1-11(9-12(16)17)10-15-13(18)14-7-5-3-4-6-8-19-2/h11H,3-10H2,1-2H3,(H,16,17)(H2,14,15,18). The molecule has 0 aliphatic carbocycles. The maximum Gasteiger partial charge on any atom is 0.314 e. The summed E-state index contributed by atoms with van der Waals surface area (Å²) in [5, 5.41) is 14.0. The van der Waals surface area contributed by atoms with E-state index >= 15 is 0 Å². The predicted octanol–water partition coefficient (Wildman–Crippen LogP) is 2.32. The van der Waals surface area contributed by atoms with Crippen LogP contribution in [0, 0.1) is 5.92 Å². The Bertz CT molecular complexity index is 262. The lowest BCUT2D eigenvalue weighted by Gasteiger charge is -2.11. The highest BCUT2D eigenvalue weighted by molar-refractivity contribution is 7.98. The summed E-state index contributed by atoms with van der Waals surface area (Å²) in [4.78, 5) is 21.8. The van der Waals surface area contributed by atoms with Gasteiger partial charge in [-0.1, -0.05) is 19.8 Å². The molecule has 0 rings (SSSR count). The number of rotatable bonds is 11. The van der Waals surface area contributed by atoms with Gasteiger partial charge in [-0.15, -0.1) is 0 Å². The van der Waals surface area contributed by atoms with Gasteiger partial charge in [0.05, 0.1) is 0 Å². The van der Waals surface area contributed by atoms with Crippen LogP contribution in [0.1, 0.15) is 39.0 Å². The minimum absolute atomic E-state index is 0.0465. The third-order valence-corrected chi connectivity index (χ3v) is 3.39. The van der Waals surface area contributed by atoms with E-state index in [1.165, 1.54) is 18.6 Å². The lowest BCUT2D eigenvalue weighted by molar-refractivity contribution is -0.137. The zero-order valence-electron chi connectivity index (χ0n) is 11.9. The third kappa shape index (κ3) is 13.3. The fraction of sp³-hybridized carbons (Fsp3) is 0.846. The van der Waals surface area contributed by atoms with Crippen LogP contribution in [0.15, 0.2) is 0 Å². The first-order valence-electron chi connectivity index (χ1n) is 6.78. The summed E-state index contributed by atoms with van der Waals surface area (Å²) in [5.74, 6) is 0.324. The van der Waals surface area contributed by atoms with Crippen molar-refractivity contribution in [2.75, 3.05) is 25.1 Å². The van der Waals surface area contributed by atoms with Gasteiger partial charge in [-0.2, -0.15) is 11.8 Å². The number of unbranched alkanes of at least 4 members (excludes halogenated alkanes) is 3. The number of thioether (sulfide) groups is 1. The Hall–Kier alpha value is -0.910. The van der Waals surface area contributed by atoms with Crippen molar-refractivity contribution in [1.82, 2.24) is 10.6 Å². The molecule has 5 nitrogen and oxygen atoms in total. The summed E-state index contributed by atoms with van der Waals surface area (Å²) in [7, 11) is 0. The zero-order chi connectivity index (χ0) is 14.5. The molecule has 3 N–H and O–H groups in total. The summed E-state index contributed by atoms with van der Waals surface area (Å²) in [6, 6.07) is -0.207. The second-order valence-corrected chi connectivity index (χ2v) is 5.73. The van der Waals surface area contributed by atoms with Crippen LogP contribution in [-0.4, -0.2) is 42.2 Å². The molecule has 112 valence electrons. The molecule has 1 atom stereocenters. The first-order valence-corrected chi connectivity index (χ1v) is 8.18. The number of carbonyl (C=O) groups excluding carboxylic acids is 1. The van der Waals surface area contributed by atoms with Gasteiger partial charge in [-0.05, 0) is 30.8 Å². The van der Waals surface area contributed by atoms with E-state index in [1.54, 1.807) is 6.92 Å². The lowest BCUT2D eigenvalue weighted by Crippen LogP contribution is -2.38. The molecule has 6 heteroatoms. The Morgan fingerprint density at radius 3 is 2.47 bits per heavy atom.